The minimum Gasteiger partial charge on any atom is -0.316 e. The molecular weight excluding hydrogens is 234 g/mol. The summed E-state index contributed by atoms with van der Waals surface area (Å²) in [7, 11) is 0. The van der Waals surface area contributed by atoms with Gasteiger partial charge in [0.15, 0.2) is 0 Å². The lowest BCUT2D eigenvalue weighted by atomic mass is 9.95. The molecule has 0 saturated carbocycles. The van der Waals surface area contributed by atoms with Crippen LogP contribution < -0.4 is 5.32 Å². The van der Waals surface area contributed by atoms with E-state index >= 15 is 0 Å². The maximum Gasteiger partial charge on any atom is 0.134 e. The average Bonchev–Trinajstić information content (AvgIpc) is 2.25. The Kier molecular flexibility index (Phi) is 5.48. The van der Waals surface area contributed by atoms with Crippen molar-refractivity contribution in [2.75, 3.05) is 13.1 Å². The maximum atomic E-state index is 4.68. The molecule has 0 saturated heterocycles. The Morgan fingerprint density at radius 3 is 2.00 bits per heavy atom. The number of rotatable bonds is 5. The summed E-state index contributed by atoms with van der Waals surface area (Å²) in [5.41, 5.74) is 3.57. The van der Waals surface area contributed by atoms with Gasteiger partial charge in [-0.15, -0.1) is 0 Å². The van der Waals surface area contributed by atoms with Crippen LogP contribution in [0.3, 0.4) is 0 Å². The normalized spacial score (nSPS) is 12.2. The van der Waals surface area contributed by atoms with Crippen molar-refractivity contribution in [2.45, 2.75) is 60.3 Å². The Balaban J connectivity index is 2.75. The summed E-state index contributed by atoms with van der Waals surface area (Å²) in [6.45, 7) is 17.2. The Morgan fingerprint density at radius 2 is 1.58 bits per heavy atom. The van der Waals surface area contributed by atoms with Crippen molar-refractivity contribution in [2.24, 2.45) is 5.92 Å². The fraction of sp³-hybridized carbons (Fsp3) is 0.750. The lowest BCUT2D eigenvalue weighted by Crippen LogP contribution is -2.24. The molecule has 0 aromatic carbocycles. The zero-order valence-electron chi connectivity index (χ0n) is 13.6. The molecule has 19 heavy (non-hydrogen) atoms. The molecule has 0 aliphatic rings. The van der Waals surface area contributed by atoms with E-state index in [2.05, 4.69) is 63.8 Å². The van der Waals surface area contributed by atoms with Gasteiger partial charge in [0.2, 0.25) is 0 Å². The summed E-state index contributed by atoms with van der Waals surface area (Å²) in [5, 5.41) is 3.48. The van der Waals surface area contributed by atoms with Crippen LogP contribution in [0.25, 0.3) is 0 Å². The number of aryl methyl sites for hydroxylation is 2. The maximum absolute atomic E-state index is 4.68. The quantitative estimate of drug-likeness (QED) is 0.829. The number of hydrogen-bond acceptors (Lipinski definition) is 3. The zero-order valence-corrected chi connectivity index (χ0v) is 13.6. The summed E-state index contributed by atoms with van der Waals surface area (Å²) in [6, 6.07) is 0. The largest absolute Gasteiger partial charge is 0.316 e. The standard InChI is InChI=1S/C16H29N3/c1-11(2)10-17-9-8-14-12(3)18-15(16(5,6)7)19-13(14)4/h11,17H,8-10H2,1-7H3. The monoisotopic (exact) mass is 263 g/mol. The van der Waals surface area contributed by atoms with Crippen LogP contribution in [0.4, 0.5) is 0 Å². The van der Waals surface area contributed by atoms with E-state index in [-0.39, 0.29) is 5.41 Å². The Morgan fingerprint density at radius 1 is 1.05 bits per heavy atom. The predicted molar refractivity (Wildman–Crippen MR) is 81.6 cm³/mol. The summed E-state index contributed by atoms with van der Waals surface area (Å²) < 4.78 is 0. The van der Waals surface area contributed by atoms with Gasteiger partial charge >= 0.3 is 0 Å². The minimum atomic E-state index is 0.0178. The van der Waals surface area contributed by atoms with Gasteiger partial charge in [0, 0.05) is 16.8 Å². The van der Waals surface area contributed by atoms with Crippen LogP contribution in [0.5, 0.6) is 0 Å². The topological polar surface area (TPSA) is 37.8 Å². The van der Waals surface area contributed by atoms with Gasteiger partial charge in [-0.05, 0) is 44.8 Å². The van der Waals surface area contributed by atoms with Crippen molar-refractivity contribution < 1.29 is 0 Å². The first-order chi connectivity index (χ1) is 8.71. The lowest BCUT2D eigenvalue weighted by molar-refractivity contribution is 0.534. The van der Waals surface area contributed by atoms with Crippen molar-refractivity contribution in [3.8, 4) is 0 Å². The third-order valence-corrected chi connectivity index (χ3v) is 3.20. The van der Waals surface area contributed by atoms with Crippen molar-refractivity contribution >= 4 is 0 Å². The predicted octanol–water partition coefficient (Wildman–Crippen LogP) is 3.18. The van der Waals surface area contributed by atoms with Crippen molar-refractivity contribution in [1.29, 1.82) is 0 Å². The molecule has 0 aliphatic carbocycles. The van der Waals surface area contributed by atoms with Gasteiger partial charge in [-0.25, -0.2) is 9.97 Å². The van der Waals surface area contributed by atoms with E-state index in [0.29, 0.717) is 5.92 Å². The number of nitrogens with zero attached hydrogens (tertiary/aromatic N) is 2. The third kappa shape index (κ3) is 4.90. The SMILES string of the molecule is Cc1nc(C(C)(C)C)nc(C)c1CCNCC(C)C. The fourth-order valence-corrected chi connectivity index (χ4v) is 2.04. The Hall–Kier alpha value is -0.960. The molecular formula is C16H29N3. The van der Waals surface area contributed by atoms with Crippen LogP contribution in [-0.4, -0.2) is 23.1 Å². The smallest absolute Gasteiger partial charge is 0.134 e. The molecule has 3 nitrogen and oxygen atoms in total. The Bertz CT molecular complexity index is 393. The molecule has 3 heteroatoms. The van der Waals surface area contributed by atoms with Crippen molar-refractivity contribution in [3.63, 3.8) is 0 Å². The zero-order chi connectivity index (χ0) is 14.6. The van der Waals surface area contributed by atoms with Crippen LogP contribution >= 0.6 is 0 Å². The Labute approximate surface area is 118 Å². The van der Waals surface area contributed by atoms with Gasteiger partial charge in [0.05, 0.1) is 0 Å². The second-order valence-corrected chi connectivity index (χ2v) is 6.79. The van der Waals surface area contributed by atoms with E-state index in [1.54, 1.807) is 0 Å². The van der Waals surface area contributed by atoms with Crippen LogP contribution in [-0.2, 0) is 11.8 Å². The molecule has 1 aromatic rings. The van der Waals surface area contributed by atoms with Gasteiger partial charge in [-0.1, -0.05) is 34.6 Å². The van der Waals surface area contributed by atoms with Gasteiger partial charge < -0.3 is 5.32 Å². The molecule has 1 heterocycles. The van der Waals surface area contributed by atoms with Gasteiger partial charge in [-0.3, -0.25) is 0 Å². The van der Waals surface area contributed by atoms with E-state index < -0.39 is 0 Å². The number of hydrogen-bond donors (Lipinski definition) is 1. The molecule has 1 aromatic heterocycles. The number of nitrogens with one attached hydrogen (secondary N) is 1. The third-order valence-electron chi connectivity index (χ3n) is 3.20. The molecule has 0 atom stereocenters. The molecule has 0 spiro atoms. The van der Waals surface area contributed by atoms with E-state index in [9.17, 15) is 0 Å². The first-order valence-electron chi connectivity index (χ1n) is 7.27. The van der Waals surface area contributed by atoms with Crippen LogP contribution in [0.1, 0.15) is 57.4 Å². The summed E-state index contributed by atoms with van der Waals surface area (Å²) >= 11 is 0. The molecule has 1 rings (SSSR count). The van der Waals surface area contributed by atoms with Crippen LogP contribution in [0, 0.1) is 19.8 Å². The molecule has 0 aliphatic heterocycles. The lowest BCUT2D eigenvalue weighted by Gasteiger charge is -2.19. The first-order valence-corrected chi connectivity index (χ1v) is 7.27. The molecule has 108 valence electrons. The van der Waals surface area contributed by atoms with E-state index in [1.165, 1.54) is 5.56 Å². The summed E-state index contributed by atoms with van der Waals surface area (Å²) in [5.74, 6) is 1.64. The highest BCUT2D eigenvalue weighted by atomic mass is 14.9. The van der Waals surface area contributed by atoms with Gasteiger partial charge in [0.25, 0.3) is 0 Å². The van der Waals surface area contributed by atoms with E-state index in [0.717, 1.165) is 36.7 Å². The van der Waals surface area contributed by atoms with Crippen LogP contribution in [0.2, 0.25) is 0 Å². The highest BCUT2D eigenvalue weighted by Gasteiger charge is 2.19. The molecule has 0 radical (unpaired) electrons. The average molecular weight is 263 g/mol. The van der Waals surface area contributed by atoms with Crippen LogP contribution in [0.15, 0.2) is 0 Å². The first kappa shape index (κ1) is 16.1. The van der Waals surface area contributed by atoms with Crippen molar-refractivity contribution in [3.05, 3.63) is 22.8 Å². The van der Waals surface area contributed by atoms with Gasteiger partial charge in [-0.2, -0.15) is 0 Å². The second kappa shape index (κ2) is 6.47. The fourth-order valence-electron chi connectivity index (χ4n) is 2.04. The highest BCUT2D eigenvalue weighted by molar-refractivity contribution is 5.26. The molecule has 1 N–H and O–H groups in total. The highest BCUT2D eigenvalue weighted by Crippen LogP contribution is 2.21. The molecule has 0 amide bonds. The summed E-state index contributed by atoms with van der Waals surface area (Å²) in [4.78, 5) is 9.36. The van der Waals surface area contributed by atoms with Gasteiger partial charge in [0.1, 0.15) is 5.82 Å². The summed E-state index contributed by atoms with van der Waals surface area (Å²) in [6.07, 6.45) is 1.01. The minimum absolute atomic E-state index is 0.0178. The van der Waals surface area contributed by atoms with E-state index in [4.69, 9.17) is 0 Å². The molecule has 0 bridgehead atoms. The van der Waals surface area contributed by atoms with Crippen molar-refractivity contribution in [1.82, 2.24) is 15.3 Å². The second-order valence-electron chi connectivity index (χ2n) is 6.79. The van der Waals surface area contributed by atoms with E-state index in [1.807, 2.05) is 0 Å². The molecule has 0 unspecified atom stereocenters. The molecule has 0 fully saturated rings. The number of aromatic nitrogens is 2.